The number of nitrogens with one attached hydrogen (secondary N) is 1. The number of allylic oxidation sites excluding steroid dienone is 1. The van der Waals surface area contributed by atoms with Crippen LogP contribution in [0.3, 0.4) is 0 Å². The van der Waals surface area contributed by atoms with Gasteiger partial charge in [0.15, 0.2) is 0 Å². The summed E-state index contributed by atoms with van der Waals surface area (Å²) in [5.74, 6) is 3.63. The predicted octanol–water partition coefficient (Wildman–Crippen LogP) is 3.64. The quantitative estimate of drug-likeness (QED) is 0.591. The van der Waals surface area contributed by atoms with E-state index < -0.39 is 0 Å². The number of imidazole rings is 1. The van der Waals surface area contributed by atoms with Crippen molar-refractivity contribution >= 4 is 22.7 Å². The lowest BCUT2D eigenvalue weighted by Crippen LogP contribution is -1.93. The van der Waals surface area contributed by atoms with Gasteiger partial charge in [-0.1, -0.05) is 30.2 Å². The molecule has 0 amide bonds. The molecule has 0 saturated carbocycles. The maximum absolute atomic E-state index is 9.44. The van der Waals surface area contributed by atoms with E-state index in [1.54, 1.807) is 6.08 Å². The van der Waals surface area contributed by atoms with Gasteiger partial charge in [0.05, 0.1) is 16.6 Å². The third-order valence-electron chi connectivity index (χ3n) is 3.26. The average Bonchev–Trinajstić information content (AvgIpc) is 3.02. The summed E-state index contributed by atoms with van der Waals surface area (Å²) in [6, 6.07) is 17.2. The summed E-state index contributed by atoms with van der Waals surface area (Å²) < 4.78 is 5.39. The zero-order chi connectivity index (χ0) is 16.1. The van der Waals surface area contributed by atoms with Gasteiger partial charge in [-0.25, -0.2) is 4.98 Å². The molecule has 3 aromatic rings. The smallest absolute Gasteiger partial charge is 0.149 e. The Kier molecular flexibility index (Phi) is 4.09. The van der Waals surface area contributed by atoms with Gasteiger partial charge >= 0.3 is 0 Å². The number of hydrogen-bond donors (Lipinski definition) is 1. The fourth-order valence-electron chi connectivity index (χ4n) is 2.22. The van der Waals surface area contributed by atoms with Crippen LogP contribution < -0.4 is 4.74 Å². The molecule has 4 nitrogen and oxygen atoms in total. The maximum atomic E-state index is 9.44. The van der Waals surface area contributed by atoms with E-state index in [0.29, 0.717) is 17.1 Å². The van der Waals surface area contributed by atoms with Crippen LogP contribution in [0.1, 0.15) is 11.4 Å². The number of para-hydroxylation sites is 2. The summed E-state index contributed by atoms with van der Waals surface area (Å²) in [6.07, 6.45) is 6.95. The highest BCUT2D eigenvalue weighted by atomic mass is 16.5. The highest BCUT2D eigenvalue weighted by Crippen LogP contribution is 2.21. The van der Waals surface area contributed by atoms with E-state index in [1.165, 1.54) is 0 Å². The van der Waals surface area contributed by atoms with E-state index >= 15 is 0 Å². The summed E-state index contributed by atoms with van der Waals surface area (Å²) in [4.78, 5) is 7.60. The van der Waals surface area contributed by atoms with E-state index in [0.717, 1.165) is 16.6 Å². The minimum atomic E-state index is 0.210. The molecule has 0 spiro atoms. The maximum Gasteiger partial charge on any atom is 0.149 e. The van der Waals surface area contributed by atoms with Gasteiger partial charge in [-0.15, -0.1) is 6.42 Å². The van der Waals surface area contributed by atoms with Gasteiger partial charge < -0.3 is 9.72 Å². The number of nitriles is 1. The van der Waals surface area contributed by atoms with Crippen LogP contribution >= 0.6 is 0 Å². The summed E-state index contributed by atoms with van der Waals surface area (Å²) in [5.41, 5.74) is 3.02. The lowest BCUT2D eigenvalue weighted by molar-refractivity contribution is 0.370. The lowest BCUT2D eigenvalue weighted by atomic mass is 10.1. The highest BCUT2D eigenvalue weighted by Gasteiger charge is 2.07. The molecule has 0 fully saturated rings. The number of aromatic amines is 1. The second-order valence-electron chi connectivity index (χ2n) is 4.84. The molecular formula is C19H13N3O. The van der Waals surface area contributed by atoms with Crippen molar-refractivity contribution in [2.75, 3.05) is 6.61 Å². The van der Waals surface area contributed by atoms with Crippen molar-refractivity contribution < 1.29 is 4.74 Å². The summed E-state index contributed by atoms with van der Waals surface area (Å²) >= 11 is 0. The third-order valence-corrected chi connectivity index (χ3v) is 3.26. The molecule has 0 aliphatic carbocycles. The molecule has 2 aromatic carbocycles. The zero-order valence-electron chi connectivity index (χ0n) is 12.3. The normalized spacial score (nSPS) is 11.0. The van der Waals surface area contributed by atoms with Crippen molar-refractivity contribution in [1.29, 1.82) is 5.26 Å². The van der Waals surface area contributed by atoms with Crippen molar-refractivity contribution in [2.45, 2.75) is 0 Å². The van der Waals surface area contributed by atoms with Crippen molar-refractivity contribution in [3.63, 3.8) is 0 Å². The van der Waals surface area contributed by atoms with Crippen LogP contribution in [0.15, 0.2) is 48.5 Å². The Balaban J connectivity index is 1.96. The van der Waals surface area contributed by atoms with E-state index in [1.807, 2.05) is 48.5 Å². The second-order valence-corrected chi connectivity index (χ2v) is 4.84. The van der Waals surface area contributed by atoms with Crippen LogP contribution in [-0.2, 0) is 0 Å². The first kappa shape index (κ1) is 14.4. The molecule has 110 valence electrons. The molecule has 0 aliphatic heterocycles. The van der Waals surface area contributed by atoms with E-state index in [4.69, 9.17) is 11.2 Å². The Hall–Kier alpha value is -3.50. The number of H-pyrrole nitrogens is 1. The number of aromatic nitrogens is 2. The van der Waals surface area contributed by atoms with Crippen molar-refractivity contribution in [2.24, 2.45) is 0 Å². The number of rotatable bonds is 4. The molecule has 1 N–H and O–H groups in total. The molecular weight excluding hydrogens is 286 g/mol. The van der Waals surface area contributed by atoms with Crippen LogP contribution in [0.5, 0.6) is 5.75 Å². The highest BCUT2D eigenvalue weighted by molar-refractivity contribution is 5.90. The molecule has 4 heteroatoms. The van der Waals surface area contributed by atoms with Crippen molar-refractivity contribution in [3.05, 3.63) is 59.9 Å². The minimum Gasteiger partial charge on any atom is -0.481 e. The Bertz CT molecular complexity index is 921. The van der Waals surface area contributed by atoms with Crippen LogP contribution in [0.2, 0.25) is 0 Å². The van der Waals surface area contributed by atoms with Gasteiger partial charge in [0.1, 0.15) is 24.3 Å². The summed E-state index contributed by atoms with van der Waals surface area (Å²) in [6.45, 7) is 0.210. The fraction of sp³-hybridized carbons (Fsp3) is 0.0526. The Morgan fingerprint density at radius 1 is 1.26 bits per heavy atom. The number of benzene rings is 2. The van der Waals surface area contributed by atoms with Gasteiger partial charge in [-0.2, -0.15) is 5.26 Å². The number of ether oxygens (including phenoxy) is 1. The Morgan fingerprint density at radius 2 is 2.13 bits per heavy atom. The SMILES string of the molecule is C#CCOc1cccc(C=C(C#N)c2nc3ccccc3[nH]2)c1. The number of hydrogen-bond acceptors (Lipinski definition) is 3. The number of nitrogens with zero attached hydrogens (tertiary/aromatic N) is 2. The molecule has 1 aromatic heterocycles. The topological polar surface area (TPSA) is 61.7 Å². The first-order valence-electron chi connectivity index (χ1n) is 7.03. The first-order chi connectivity index (χ1) is 11.3. The lowest BCUT2D eigenvalue weighted by Gasteiger charge is -2.03. The van der Waals surface area contributed by atoms with Gasteiger partial charge in [-0.3, -0.25) is 0 Å². The van der Waals surface area contributed by atoms with E-state index in [-0.39, 0.29) is 6.61 Å². The molecule has 0 saturated heterocycles. The third kappa shape index (κ3) is 3.23. The van der Waals surface area contributed by atoms with E-state index in [2.05, 4.69) is 22.0 Å². The zero-order valence-corrected chi connectivity index (χ0v) is 12.3. The molecule has 0 atom stereocenters. The molecule has 0 radical (unpaired) electrons. The predicted molar refractivity (Wildman–Crippen MR) is 90.3 cm³/mol. The average molecular weight is 299 g/mol. The Labute approximate surface area is 134 Å². The monoisotopic (exact) mass is 299 g/mol. The van der Waals surface area contributed by atoms with E-state index in [9.17, 15) is 5.26 Å². The molecule has 3 rings (SSSR count). The number of terminal acetylenes is 1. The van der Waals surface area contributed by atoms with Crippen molar-refractivity contribution in [1.82, 2.24) is 9.97 Å². The van der Waals surface area contributed by atoms with Gasteiger partial charge in [-0.05, 0) is 35.9 Å². The fourth-order valence-corrected chi connectivity index (χ4v) is 2.22. The second kappa shape index (κ2) is 6.51. The van der Waals surface area contributed by atoms with Crippen LogP contribution in [0, 0.1) is 23.7 Å². The minimum absolute atomic E-state index is 0.210. The van der Waals surface area contributed by atoms with Gasteiger partial charge in [0.25, 0.3) is 0 Å². The largest absolute Gasteiger partial charge is 0.481 e. The summed E-state index contributed by atoms with van der Waals surface area (Å²) in [5, 5.41) is 9.44. The molecule has 0 unspecified atom stereocenters. The first-order valence-corrected chi connectivity index (χ1v) is 7.03. The molecule has 23 heavy (non-hydrogen) atoms. The number of fused-ring (bicyclic) bond motifs is 1. The van der Waals surface area contributed by atoms with Crippen LogP contribution in [-0.4, -0.2) is 16.6 Å². The standard InChI is InChI=1S/C19H13N3O/c1-2-10-23-16-7-5-6-14(12-16)11-15(13-20)19-21-17-8-3-4-9-18(17)22-19/h1,3-9,11-12H,10H2,(H,21,22). The van der Waals surface area contributed by atoms with Crippen LogP contribution in [0.25, 0.3) is 22.7 Å². The molecule has 1 heterocycles. The van der Waals surface area contributed by atoms with Crippen molar-refractivity contribution in [3.8, 4) is 24.2 Å². The van der Waals surface area contributed by atoms with Crippen LogP contribution in [0.4, 0.5) is 0 Å². The molecule has 0 aliphatic rings. The molecule has 0 bridgehead atoms. The van der Waals surface area contributed by atoms with Gasteiger partial charge in [0, 0.05) is 0 Å². The summed E-state index contributed by atoms with van der Waals surface area (Å²) in [7, 11) is 0. The Morgan fingerprint density at radius 3 is 2.91 bits per heavy atom. The van der Waals surface area contributed by atoms with Gasteiger partial charge in [0.2, 0.25) is 0 Å².